The molecule has 4 aromatic rings. The van der Waals surface area contributed by atoms with Crippen LogP contribution < -0.4 is 15.1 Å². The van der Waals surface area contributed by atoms with Gasteiger partial charge in [0, 0.05) is 29.8 Å². The van der Waals surface area contributed by atoms with Crippen LogP contribution in [0.5, 0.6) is 0 Å². The number of hydrogen-bond acceptors (Lipinski definition) is 4. The summed E-state index contributed by atoms with van der Waals surface area (Å²) in [6.07, 6.45) is -0.0127. The van der Waals surface area contributed by atoms with Crippen molar-refractivity contribution in [2.75, 3.05) is 28.2 Å². The SMILES string of the molecule is Cc1cc(C)c(-c2ccccc2C(=O)Nc2ccc(C(=O)N3CCC(=O)N(CC(=O)O)c4ccccc43)cc2)c(C)c1. The van der Waals surface area contributed by atoms with Gasteiger partial charge in [0.05, 0.1) is 11.4 Å². The van der Waals surface area contributed by atoms with Crippen LogP contribution in [0.1, 0.15) is 43.8 Å². The monoisotopic (exact) mass is 561 g/mol. The first-order valence-electron chi connectivity index (χ1n) is 13.7. The van der Waals surface area contributed by atoms with Crippen molar-refractivity contribution in [1.82, 2.24) is 0 Å². The molecule has 1 aliphatic heterocycles. The number of rotatable bonds is 6. The summed E-state index contributed by atoms with van der Waals surface area (Å²) in [5.41, 5.74) is 7.52. The standard InChI is InChI=1S/C34H31N3O5/c1-21-18-22(2)32(23(3)19-21)26-8-4-5-9-27(26)33(41)35-25-14-12-24(13-15-25)34(42)36-17-16-30(38)37(20-31(39)40)29-11-7-6-10-28(29)36/h4-15,18-19H,16-17,20H2,1-3H3,(H,35,41)(H,39,40). The lowest BCUT2D eigenvalue weighted by Gasteiger charge is -2.24. The van der Waals surface area contributed by atoms with Crippen LogP contribution in [0.25, 0.3) is 11.1 Å². The summed E-state index contributed by atoms with van der Waals surface area (Å²) < 4.78 is 0. The highest BCUT2D eigenvalue weighted by molar-refractivity contribution is 6.12. The van der Waals surface area contributed by atoms with Gasteiger partial charge in [-0.25, -0.2) is 0 Å². The normalized spacial score (nSPS) is 12.9. The van der Waals surface area contributed by atoms with Crippen molar-refractivity contribution in [3.63, 3.8) is 0 Å². The van der Waals surface area contributed by atoms with Crippen molar-refractivity contribution < 1.29 is 24.3 Å². The molecule has 4 aromatic carbocycles. The molecular formula is C34H31N3O5. The molecule has 5 rings (SSSR count). The molecule has 0 aromatic heterocycles. The number of carboxylic acid groups (broad SMARTS) is 1. The molecule has 1 heterocycles. The van der Waals surface area contributed by atoms with Crippen LogP contribution in [0.3, 0.4) is 0 Å². The van der Waals surface area contributed by atoms with Gasteiger partial charge in [0.25, 0.3) is 11.8 Å². The average molecular weight is 562 g/mol. The van der Waals surface area contributed by atoms with E-state index in [1.54, 1.807) is 54.6 Å². The maximum absolute atomic E-state index is 13.6. The van der Waals surface area contributed by atoms with E-state index in [9.17, 15) is 24.3 Å². The molecule has 0 bridgehead atoms. The molecular weight excluding hydrogens is 530 g/mol. The average Bonchev–Trinajstić information content (AvgIpc) is 3.09. The van der Waals surface area contributed by atoms with E-state index in [4.69, 9.17) is 0 Å². The Balaban J connectivity index is 1.38. The van der Waals surface area contributed by atoms with Crippen LogP contribution in [0, 0.1) is 20.8 Å². The third-order valence-corrected chi connectivity index (χ3v) is 7.36. The summed E-state index contributed by atoms with van der Waals surface area (Å²) in [7, 11) is 0. The summed E-state index contributed by atoms with van der Waals surface area (Å²) in [6, 6.07) is 25.1. The van der Waals surface area contributed by atoms with Crippen LogP contribution in [-0.4, -0.2) is 41.9 Å². The number of hydrogen-bond donors (Lipinski definition) is 2. The third kappa shape index (κ3) is 5.65. The zero-order chi connectivity index (χ0) is 30.0. The van der Waals surface area contributed by atoms with Crippen molar-refractivity contribution in [2.24, 2.45) is 0 Å². The zero-order valence-corrected chi connectivity index (χ0v) is 23.7. The van der Waals surface area contributed by atoms with Crippen LogP contribution in [0.15, 0.2) is 84.9 Å². The fraction of sp³-hybridized carbons (Fsp3) is 0.176. The number of amides is 3. The molecule has 212 valence electrons. The van der Waals surface area contributed by atoms with E-state index in [1.165, 1.54) is 9.80 Å². The Kier molecular flexibility index (Phi) is 7.88. The van der Waals surface area contributed by atoms with Gasteiger partial charge >= 0.3 is 5.97 Å². The smallest absolute Gasteiger partial charge is 0.323 e. The molecule has 0 saturated heterocycles. The van der Waals surface area contributed by atoms with Crippen LogP contribution in [0.2, 0.25) is 0 Å². The van der Waals surface area contributed by atoms with Gasteiger partial charge in [-0.05, 0) is 85.5 Å². The Bertz CT molecular complexity index is 1690. The van der Waals surface area contributed by atoms with Crippen LogP contribution >= 0.6 is 0 Å². The summed E-state index contributed by atoms with van der Waals surface area (Å²) in [4.78, 5) is 53.8. The fourth-order valence-corrected chi connectivity index (χ4v) is 5.59. The van der Waals surface area contributed by atoms with Crippen molar-refractivity contribution in [1.29, 1.82) is 0 Å². The molecule has 3 amide bonds. The first kappa shape index (κ1) is 28.3. The first-order valence-corrected chi connectivity index (χ1v) is 13.7. The van der Waals surface area contributed by atoms with Gasteiger partial charge in [-0.3, -0.25) is 24.1 Å². The number of benzene rings is 4. The second-order valence-electron chi connectivity index (χ2n) is 10.4. The maximum Gasteiger partial charge on any atom is 0.323 e. The molecule has 1 aliphatic rings. The van der Waals surface area contributed by atoms with Crippen LogP contribution in [-0.2, 0) is 9.59 Å². The molecule has 0 radical (unpaired) electrons. The highest BCUT2D eigenvalue weighted by Gasteiger charge is 2.30. The van der Waals surface area contributed by atoms with Crippen molar-refractivity contribution >= 4 is 40.8 Å². The van der Waals surface area contributed by atoms with Gasteiger partial charge in [-0.2, -0.15) is 0 Å². The Labute approximate surface area is 244 Å². The number of aliphatic carboxylic acids is 1. The molecule has 0 fully saturated rings. The van der Waals surface area contributed by atoms with Gasteiger partial charge in [-0.1, -0.05) is 48.0 Å². The summed E-state index contributed by atoms with van der Waals surface area (Å²) in [5, 5.41) is 12.3. The number of para-hydroxylation sites is 2. The molecule has 8 nitrogen and oxygen atoms in total. The fourth-order valence-electron chi connectivity index (χ4n) is 5.59. The minimum absolute atomic E-state index is 0.0127. The minimum atomic E-state index is -1.14. The van der Waals surface area contributed by atoms with E-state index < -0.39 is 12.5 Å². The maximum atomic E-state index is 13.6. The van der Waals surface area contributed by atoms with E-state index in [-0.39, 0.29) is 30.7 Å². The number of anilines is 3. The predicted octanol–water partition coefficient (Wildman–Crippen LogP) is 6.00. The van der Waals surface area contributed by atoms with Crippen LogP contribution in [0.4, 0.5) is 17.1 Å². The highest BCUT2D eigenvalue weighted by Crippen LogP contribution is 2.34. The van der Waals surface area contributed by atoms with E-state index in [2.05, 4.69) is 24.4 Å². The van der Waals surface area contributed by atoms with Crippen molar-refractivity contribution in [3.8, 4) is 11.1 Å². The van der Waals surface area contributed by atoms with Gasteiger partial charge in [0.2, 0.25) is 5.91 Å². The van der Waals surface area contributed by atoms with E-state index in [1.807, 2.05) is 32.0 Å². The molecule has 0 unspecified atom stereocenters. The number of carboxylic acids is 1. The second kappa shape index (κ2) is 11.7. The number of carbonyl (C=O) groups is 4. The lowest BCUT2D eigenvalue weighted by molar-refractivity contribution is -0.136. The van der Waals surface area contributed by atoms with Gasteiger partial charge in [0.15, 0.2) is 0 Å². The Morgan fingerprint density at radius 1 is 0.833 bits per heavy atom. The molecule has 8 heteroatoms. The number of nitrogens with one attached hydrogen (secondary N) is 1. The Morgan fingerprint density at radius 2 is 1.45 bits per heavy atom. The Morgan fingerprint density at radius 3 is 2.12 bits per heavy atom. The molecule has 0 aliphatic carbocycles. The third-order valence-electron chi connectivity index (χ3n) is 7.36. The van der Waals surface area contributed by atoms with E-state index >= 15 is 0 Å². The summed E-state index contributed by atoms with van der Waals surface area (Å²) in [6.45, 7) is 5.76. The quantitative estimate of drug-likeness (QED) is 0.300. The lowest BCUT2D eigenvalue weighted by Crippen LogP contribution is -2.35. The number of fused-ring (bicyclic) bond motifs is 1. The molecule has 0 saturated carbocycles. The van der Waals surface area contributed by atoms with Gasteiger partial charge < -0.3 is 15.3 Å². The molecule has 2 N–H and O–H groups in total. The topological polar surface area (TPSA) is 107 Å². The van der Waals surface area contributed by atoms with Crippen molar-refractivity contribution in [2.45, 2.75) is 27.2 Å². The van der Waals surface area contributed by atoms with E-state index in [0.717, 1.165) is 27.8 Å². The highest BCUT2D eigenvalue weighted by atomic mass is 16.4. The molecule has 42 heavy (non-hydrogen) atoms. The summed E-state index contributed by atoms with van der Waals surface area (Å²) in [5.74, 6) is -2.10. The zero-order valence-electron chi connectivity index (χ0n) is 23.7. The first-order chi connectivity index (χ1) is 20.1. The number of nitrogens with zero attached hydrogens (tertiary/aromatic N) is 2. The lowest BCUT2D eigenvalue weighted by atomic mass is 9.90. The van der Waals surface area contributed by atoms with Gasteiger partial charge in [0.1, 0.15) is 6.54 Å². The number of aryl methyl sites for hydroxylation is 3. The number of carbonyl (C=O) groups excluding carboxylic acids is 3. The summed E-state index contributed by atoms with van der Waals surface area (Å²) >= 11 is 0. The molecule has 0 spiro atoms. The van der Waals surface area contributed by atoms with Gasteiger partial charge in [-0.15, -0.1) is 0 Å². The largest absolute Gasteiger partial charge is 0.480 e. The minimum Gasteiger partial charge on any atom is -0.480 e. The Hall–Kier alpha value is -5.24. The van der Waals surface area contributed by atoms with E-state index in [0.29, 0.717) is 28.2 Å². The predicted molar refractivity (Wildman–Crippen MR) is 163 cm³/mol. The second-order valence-corrected chi connectivity index (χ2v) is 10.4. The van der Waals surface area contributed by atoms with Crippen molar-refractivity contribution in [3.05, 3.63) is 113 Å². The molecule has 0 atom stereocenters.